The highest BCUT2D eigenvalue weighted by molar-refractivity contribution is 5.90. The number of benzene rings is 2. The topological polar surface area (TPSA) is 70.2 Å². The number of carbonyl (C=O) groups is 2. The van der Waals surface area contributed by atoms with E-state index in [4.69, 9.17) is 0 Å². The molecular weight excluding hydrogens is 440 g/mol. The Morgan fingerprint density at radius 3 is 1.94 bits per heavy atom. The molecule has 2 aromatic rings. The molecule has 2 rings (SSSR count). The van der Waals surface area contributed by atoms with Crippen LogP contribution in [0.4, 0.5) is 36.8 Å². The Morgan fingerprint density at radius 1 is 0.812 bits per heavy atom. The van der Waals surface area contributed by atoms with Crippen molar-refractivity contribution in [1.82, 2.24) is 10.6 Å². The van der Waals surface area contributed by atoms with Gasteiger partial charge in [-0.25, -0.2) is 4.79 Å². The number of anilines is 1. The van der Waals surface area contributed by atoms with Gasteiger partial charge in [-0.1, -0.05) is 36.4 Å². The third-order valence-corrected chi connectivity index (χ3v) is 4.73. The number of alkyl halides is 6. The maximum atomic E-state index is 13.6. The molecule has 0 aliphatic heterocycles. The van der Waals surface area contributed by atoms with Crippen LogP contribution in [0.5, 0.6) is 0 Å². The zero-order valence-electron chi connectivity index (χ0n) is 17.1. The number of aryl methyl sites for hydroxylation is 3. The molecule has 3 amide bonds. The minimum Gasteiger partial charge on any atom is -0.318 e. The van der Waals surface area contributed by atoms with Gasteiger partial charge in [-0.05, 0) is 49.1 Å². The summed E-state index contributed by atoms with van der Waals surface area (Å²) in [4.78, 5) is 24.2. The summed E-state index contributed by atoms with van der Waals surface area (Å²) in [7, 11) is 0. The van der Waals surface area contributed by atoms with E-state index >= 15 is 0 Å². The Labute approximate surface area is 180 Å². The standard InChI is InChI=1S/C21H21F6N3O2/c1-13-8-10-16(12-14(13)2)28-18(32)30-19(20(22,23)24,21(25,26)27)29-17(31)11-9-15-6-4-3-5-7-15/h3-8,10,12H,9,11H2,1-2H3,(H,29,31)(H2,28,30,32). The van der Waals surface area contributed by atoms with Gasteiger partial charge in [0, 0.05) is 12.1 Å². The van der Waals surface area contributed by atoms with Crippen LogP contribution in [0.15, 0.2) is 48.5 Å². The molecule has 0 fully saturated rings. The number of carbonyl (C=O) groups excluding carboxylic acids is 2. The molecule has 0 heterocycles. The Morgan fingerprint density at radius 2 is 1.41 bits per heavy atom. The highest BCUT2D eigenvalue weighted by Gasteiger charge is 2.73. The molecule has 0 radical (unpaired) electrons. The number of hydrogen-bond donors (Lipinski definition) is 3. The van der Waals surface area contributed by atoms with Gasteiger partial charge in [0.2, 0.25) is 5.91 Å². The van der Waals surface area contributed by atoms with Gasteiger partial charge in [-0.15, -0.1) is 0 Å². The SMILES string of the molecule is Cc1ccc(NC(=O)NC(NC(=O)CCc2ccccc2)(C(F)(F)F)C(F)(F)F)cc1C. The minimum absolute atomic E-state index is 0.0146. The highest BCUT2D eigenvalue weighted by atomic mass is 19.4. The number of rotatable bonds is 6. The van der Waals surface area contributed by atoms with E-state index in [1.807, 2.05) is 5.32 Å². The van der Waals surface area contributed by atoms with Gasteiger partial charge in [0.1, 0.15) is 0 Å². The first-order valence-electron chi connectivity index (χ1n) is 9.40. The summed E-state index contributed by atoms with van der Waals surface area (Å²) in [5, 5.41) is 3.79. The lowest BCUT2D eigenvalue weighted by Crippen LogP contribution is -2.76. The molecule has 11 heteroatoms. The predicted molar refractivity (Wildman–Crippen MR) is 106 cm³/mol. The first-order valence-corrected chi connectivity index (χ1v) is 9.40. The summed E-state index contributed by atoms with van der Waals surface area (Å²) < 4.78 is 81.8. The average molecular weight is 461 g/mol. The zero-order chi connectivity index (χ0) is 24.2. The fourth-order valence-corrected chi connectivity index (χ4v) is 2.80. The second-order valence-electron chi connectivity index (χ2n) is 7.16. The largest absolute Gasteiger partial charge is 0.439 e. The fraction of sp³-hybridized carbons (Fsp3) is 0.333. The smallest absolute Gasteiger partial charge is 0.318 e. The summed E-state index contributed by atoms with van der Waals surface area (Å²) in [6.45, 7) is 3.39. The molecule has 0 aliphatic rings. The fourth-order valence-electron chi connectivity index (χ4n) is 2.80. The highest BCUT2D eigenvalue weighted by Crippen LogP contribution is 2.41. The summed E-state index contributed by atoms with van der Waals surface area (Å²) >= 11 is 0. The Hall–Kier alpha value is -3.24. The van der Waals surface area contributed by atoms with Gasteiger partial charge in [0.15, 0.2) is 0 Å². The van der Waals surface area contributed by atoms with E-state index < -0.39 is 36.4 Å². The van der Waals surface area contributed by atoms with Crippen LogP contribution in [0.2, 0.25) is 0 Å². The van der Waals surface area contributed by atoms with Crippen LogP contribution < -0.4 is 16.0 Å². The lowest BCUT2D eigenvalue weighted by atomic mass is 10.1. The van der Waals surface area contributed by atoms with E-state index in [9.17, 15) is 35.9 Å². The molecule has 0 aromatic heterocycles. The van der Waals surface area contributed by atoms with Gasteiger partial charge in [-0.3, -0.25) is 10.1 Å². The predicted octanol–water partition coefficient (Wildman–Crippen LogP) is 4.99. The molecule has 174 valence electrons. The first kappa shape index (κ1) is 25.0. The molecule has 0 atom stereocenters. The van der Waals surface area contributed by atoms with Crippen LogP contribution in [-0.2, 0) is 11.2 Å². The maximum Gasteiger partial charge on any atom is 0.439 e. The zero-order valence-corrected chi connectivity index (χ0v) is 17.1. The van der Waals surface area contributed by atoms with Gasteiger partial charge in [-0.2, -0.15) is 26.3 Å². The lowest BCUT2D eigenvalue weighted by molar-refractivity contribution is -0.311. The van der Waals surface area contributed by atoms with Crippen LogP contribution in [0.25, 0.3) is 0 Å². The van der Waals surface area contributed by atoms with Crippen molar-refractivity contribution in [2.45, 2.75) is 44.7 Å². The van der Waals surface area contributed by atoms with Crippen LogP contribution in [0.1, 0.15) is 23.1 Å². The van der Waals surface area contributed by atoms with Crippen LogP contribution >= 0.6 is 0 Å². The van der Waals surface area contributed by atoms with Crippen molar-refractivity contribution in [2.24, 2.45) is 0 Å². The van der Waals surface area contributed by atoms with Crippen molar-refractivity contribution >= 4 is 17.6 Å². The van der Waals surface area contributed by atoms with Crippen molar-refractivity contribution in [3.63, 3.8) is 0 Å². The van der Waals surface area contributed by atoms with Crippen molar-refractivity contribution in [3.05, 3.63) is 65.2 Å². The van der Waals surface area contributed by atoms with Crippen LogP contribution in [0, 0.1) is 13.8 Å². The third kappa shape index (κ3) is 5.92. The Balaban J connectivity index is 2.24. The molecule has 0 spiro atoms. The van der Waals surface area contributed by atoms with E-state index in [1.54, 1.807) is 44.2 Å². The molecule has 0 aliphatic carbocycles. The van der Waals surface area contributed by atoms with Crippen LogP contribution in [0.3, 0.4) is 0 Å². The lowest BCUT2D eigenvalue weighted by Gasteiger charge is -2.38. The Kier molecular flexibility index (Phi) is 7.42. The number of urea groups is 1. The monoisotopic (exact) mass is 461 g/mol. The Bertz CT molecular complexity index is 944. The normalized spacial score (nSPS) is 12.2. The minimum atomic E-state index is -6.08. The quantitative estimate of drug-likeness (QED) is 0.419. The first-order chi connectivity index (χ1) is 14.7. The molecular formula is C21H21F6N3O2. The molecule has 0 saturated heterocycles. The van der Waals surface area contributed by atoms with E-state index in [1.165, 1.54) is 18.2 Å². The maximum absolute atomic E-state index is 13.6. The van der Waals surface area contributed by atoms with E-state index in [0.717, 1.165) is 16.2 Å². The number of nitrogens with one attached hydrogen (secondary N) is 3. The molecule has 32 heavy (non-hydrogen) atoms. The van der Waals surface area contributed by atoms with Crippen molar-refractivity contribution in [3.8, 4) is 0 Å². The van der Waals surface area contributed by atoms with Gasteiger partial charge < -0.3 is 10.6 Å². The average Bonchev–Trinajstić information content (AvgIpc) is 2.67. The molecule has 0 bridgehead atoms. The summed E-state index contributed by atoms with van der Waals surface area (Å²) in [6, 6.07) is 10.5. The molecule has 2 aromatic carbocycles. The van der Waals surface area contributed by atoms with Crippen molar-refractivity contribution < 1.29 is 35.9 Å². The van der Waals surface area contributed by atoms with E-state index in [0.29, 0.717) is 11.1 Å². The molecule has 0 unspecified atom stereocenters. The third-order valence-electron chi connectivity index (χ3n) is 4.73. The second kappa shape index (κ2) is 9.49. The number of amides is 3. The molecule has 0 saturated carbocycles. The van der Waals surface area contributed by atoms with E-state index in [2.05, 4.69) is 0 Å². The molecule has 3 N–H and O–H groups in total. The number of hydrogen-bond acceptors (Lipinski definition) is 2. The van der Waals surface area contributed by atoms with Gasteiger partial charge in [0.25, 0.3) is 0 Å². The van der Waals surface area contributed by atoms with Crippen molar-refractivity contribution in [2.75, 3.05) is 5.32 Å². The van der Waals surface area contributed by atoms with Crippen LogP contribution in [-0.4, -0.2) is 30.0 Å². The van der Waals surface area contributed by atoms with E-state index in [-0.39, 0.29) is 12.1 Å². The van der Waals surface area contributed by atoms with Crippen molar-refractivity contribution in [1.29, 1.82) is 0 Å². The summed E-state index contributed by atoms with van der Waals surface area (Å²) in [5.41, 5.74) is -2.97. The summed E-state index contributed by atoms with van der Waals surface area (Å²) in [5.74, 6) is -1.53. The number of halogens is 6. The van der Waals surface area contributed by atoms with Gasteiger partial charge >= 0.3 is 24.0 Å². The molecule has 5 nitrogen and oxygen atoms in total. The summed E-state index contributed by atoms with van der Waals surface area (Å²) in [6.07, 6.45) is -12.9. The second-order valence-corrected chi connectivity index (χ2v) is 7.16. The van der Waals surface area contributed by atoms with Gasteiger partial charge in [0.05, 0.1) is 0 Å².